The number of unbranched alkanes of at least 4 members (excludes halogenated alkanes) is 3. The van der Waals surface area contributed by atoms with Crippen molar-refractivity contribution in [1.29, 1.82) is 0 Å². The Balaban J connectivity index is 1.73. The molecule has 1 aromatic rings. The van der Waals surface area contributed by atoms with Crippen molar-refractivity contribution in [3.8, 4) is 5.75 Å². The molecular formula is C17H26O3. The van der Waals surface area contributed by atoms with Gasteiger partial charge in [-0.2, -0.15) is 0 Å². The fourth-order valence-electron chi connectivity index (χ4n) is 2.52. The van der Waals surface area contributed by atoms with E-state index >= 15 is 0 Å². The predicted octanol–water partition coefficient (Wildman–Crippen LogP) is 4.12. The summed E-state index contributed by atoms with van der Waals surface area (Å²) < 4.78 is 17.0. The third-order valence-corrected chi connectivity index (χ3v) is 3.83. The van der Waals surface area contributed by atoms with E-state index in [1.165, 1.54) is 25.7 Å². The first-order chi connectivity index (χ1) is 9.83. The van der Waals surface area contributed by atoms with Crippen LogP contribution in [0.2, 0.25) is 0 Å². The van der Waals surface area contributed by atoms with Gasteiger partial charge in [0.1, 0.15) is 11.9 Å². The van der Waals surface area contributed by atoms with Gasteiger partial charge in [0.15, 0.2) is 0 Å². The van der Waals surface area contributed by atoms with Crippen molar-refractivity contribution >= 4 is 0 Å². The van der Waals surface area contributed by atoms with E-state index in [0.29, 0.717) is 13.2 Å². The van der Waals surface area contributed by atoms with Crippen molar-refractivity contribution in [1.82, 2.24) is 0 Å². The van der Waals surface area contributed by atoms with E-state index in [2.05, 4.69) is 19.1 Å². The van der Waals surface area contributed by atoms with E-state index in [-0.39, 0.29) is 12.2 Å². The highest BCUT2D eigenvalue weighted by Gasteiger charge is 2.23. The van der Waals surface area contributed by atoms with Crippen molar-refractivity contribution < 1.29 is 14.2 Å². The predicted molar refractivity (Wildman–Crippen MR) is 80.2 cm³/mol. The molecule has 0 aliphatic carbocycles. The zero-order valence-corrected chi connectivity index (χ0v) is 12.6. The smallest absolute Gasteiger partial charge is 0.118 e. The van der Waals surface area contributed by atoms with Crippen molar-refractivity contribution in [2.75, 3.05) is 20.3 Å². The largest absolute Gasteiger partial charge is 0.497 e. The average Bonchev–Trinajstić information content (AvgIpc) is 2.52. The standard InChI is InChI=1S/C17H26O3/c1-3-4-5-6-7-16-12-20-17(13-19-16)14-8-10-15(18-2)11-9-14/h8-11,16-17H,3-7,12-13H2,1-2H3/t16-,17-/m1/s1. The monoisotopic (exact) mass is 278 g/mol. The van der Waals surface area contributed by atoms with E-state index in [9.17, 15) is 0 Å². The van der Waals surface area contributed by atoms with Gasteiger partial charge in [0.2, 0.25) is 0 Å². The first-order valence-corrected chi connectivity index (χ1v) is 7.70. The highest BCUT2D eigenvalue weighted by molar-refractivity contribution is 5.28. The quantitative estimate of drug-likeness (QED) is 0.702. The fraction of sp³-hybridized carbons (Fsp3) is 0.647. The number of benzene rings is 1. The highest BCUT2D eigenvalue weighted by atomic mass is 16.6. The third-order valence-electron chi connectivity index (χ3n) is 3.83. The van der Waals surface area contributed by atoms with Crippen molar-refractivity contribution in [3.63, 3.8) is 0 Å². The number of hydrogen-bond donors (Lipinski definition) is 0. The molecule has 0 unspecified atom stereocenters. The normalized spacial score (nSPS) is 22.7. The van der Waals surface area contributed by atoms with Gasteiger partial charge in [-0.15, -0.1) is 0 Å². The molecule has 0 aromatic heterocycles. The lowest BCUT2D eigenvalue weighted by molar-refractivity contribution is -0.137. The first-order valence-electron chi connectivity index (χ1n) is 7.70. The minimum atomic E-state index is 0.0628. The van der Waals surface area contributed by atoms with E-state index < -0.39 is 0 Å². The van der Waals surface area contributed by atoms with Crippen LogP contribution in [0.5, 0.6) is 5.75 Å². The lowest BCUT2D eigenvalue weighted by atomic mass is 10.1. The maximum atomic E-state index is 5.94. The van der Waals surface area contributed by atoms with Gasteiger partial charge in [-0.25, -0.2) is 0 Å². The second kappa shape index (κ2) is 8.28. The summed E-state index contributed by atoms with van der Waals surface area (Å²) in [6.07, 6.45) is 6.61. The number of hydrogen-bond acceptors (Lipinski definition) is 3. The Bertz CT molecular complexity index is 366. The second-order valence-electron chi connectivity index (χ2n) is 5.40. The molecule has 112 valence electrons. The van der Waals surface area contributed by atoms with Crippen molar-refractivity contribution in [2.24, 2.45) is 0 Å². The Labute approximate surface area is 122 Å². The zero-order chi connectivity index (χ0) is 14.2. The first kappa shape index (κ1) is 15.3. The summed E-state index contributed by atoms with van der Waals surface area (Å²) in [5, 5.41) is 0. The summed E-state index contributed by atoms with van der Waals surface area (Å²) in [5.41, 5.74) is 1.16. The van der Waals surface area contributed by atoms with Crippen LogP contribution in [-0.4, -0.2) is 26.4 Å². The number of ether oxygens (including phenoxy) is 3. The van der Waals surface area contributed by atoms with Gasteiger partial charge in [0.05, 0.1) is 26.4 Å². The molecule has 0 amide bonds. The molecule has 3 heteroatoms. The summed E-state index contributed by atoms with van der Waals surface area (Å²) in [6, 6.07) is 8.04. The Morgan fingerprint density at radius 3 is 2.45 bits per heavy atom. The molecule has 1 heterocycles. The summed E-state index contributed by atoms with van der Waals surface area (Å²) in [5.74, 6) is 0.874. The second-order valence-corrected chi connectivity index (χ2v) is 5.40. The molecule has 1 aromatic carbocycles. The molecular weight excluding hydrogens is 252 g/mol. The van der Waals surface area contributed by atoms with Gasteiger partial charge >= 0.3 is 0 Å². The molecule has 1 aliphatic heterocycles. The molecule has 0 bridgehead atoms. The summed E-state index contributed by atoms with van der Waals surface area (Å²) in [7, 11) is 1.68. The van der Waals surface area contributed by atoms with Gasteiger partial charge < -0.3 is 14.2 Å². The Kier molecular flexibility index (Phi) is 6.34. The number of rotatable bonds is 7. The Morgan fingerprint density at radius 1 is 1.05 bits per heavy atom. The van der Waals surface area contributed by atoms with Crippen molar-refractivity contribution in [2.45, 2.75) is 51.2 Å². The molecule has 0 saturated carbocycles. The maximum Gasteiger partial charge on any atom is 0.118 e. The Morgan fingerprint density at radius 2 is 1.85 bits per heavy atom. The molecule has 0 spiro atoms. The molecule has 2 rings (SSSR count). The highest BCUT2D eigenvalue weighted by Crippen LogP contribution is 2.26. The van der Waals surface area contributed by atoms with Gasteiger partial charge in [-0.3, -0.25) is 0 Å². The minimum absolute atomic E-state index is 0.0628. The van der Waals surface area contributed by atoms with Gasteiger partial charge in [-0.1, -0.05) is 44.7 Å². The van der Waals surface area contributed by atoms with Crippen LogP contribution < -0.4 is 4.74 Å². The average molecular weight is 278 g/mol. The van der Waals surface area contributed by atoms with Gasteiger partial charge in [0.25, 0.3) is 0 Å². The molecule has 1 aliphatic rings. The van der Waals surface area contributed by atoms with Crippen LogP contribution in [0.25, 0.3) is 0 Å². The topological polar surface area (TPSA) is 27.7 Å². The van der Waals surface area contributed by atoms with Crippen LogP contribution in [0.3, 0.4) is 0 Å². The third kappa shape index (κ3) is 4.50. The van der Waals surface area contributed by atoms with Crippen LogP contribution in [-0.2, 0) is 9.47 Å². The van der Waals surface area contributed by atoms with E-state index in [1.807, 2.05) is 12.1 Å². The Hall–Kier alpha value is -1.06. The maximum absolute atomic E-state index is 5.94. The van der Waals surface area contributed by atoms with Crippen LogP contribution in [0, 0.1) is 0 Å². The van der Waals surface area contributed by atoms with E-state index in [1.54, 1.807) is 7.11 Å². The lowest BCUT2D eigenvalue weighted by Gasteiger charge is -2.30. The zero-order valence-electron chi connectivity index (χ0n) is 12.6. The molecule has 3 nitrogen and oxygen atoms in total. The van der Waals surface area contributed by atoms with Gasteiger partial charge in [-0.05, 0) is 24.1 Å². The molecule has 1 fully saturated rings. The number of methoxy groups -OCH3 is 1. The SMILES string of the molecule is CCCCCC[C@@H]1CO[C@@H](c2ccc(OC)cc2)CO1. The summed E-state index contributed by atoms with van der Waals surface area (Å²) in [6.45, 7) is 3.60. The molecule has 20 heavy (non-hydrogen) atoms. The van der Waals surface area contributed by atoms with Gasteiger partial charge in [0, 0.05) is 0 Å². The lowest BCUT2D eigenvalue weighted by Crippen LogP contribution is -2.31. The summed E-state index contributed by atoms with van der Waals surface area (Å²) in [4.78, 5) is 0. The van der Waals surface area contributed by atoms with Crippen LogP contribution in [0.4, 0.5) is 0 Å². The van der Waals surface area contributed by atoms with Crippen LogP contribution in [0.1, 0.15) is 50.7 Å². The molecule has 1 saturated heterocycles. The summed E-state index contributed by atoms with van der Waals surface area (Å²) >= 11 is 0. The molecule has 0 N–H and O–H groups in total. The van der Waals surface area contributed by atoms with Crippen LogP contribution in [0.15, 0.2) is 24.3 Å². The van der Waals surface area contributed by atoms with E-state index in [0.717, 1.165) is 17.7 Å². The molecule has 0 radical (unpaired) electrons. The molecule has 2 atom stereocenters. The van der Waals surface area contributed by atoms with E-state index in [4.69, 9.17) is 14.2 Å². The van der Waals surface area contributed by atoms with Crippen molar-refractivity contribution in [3.05, 3.63) is 29.8 Å². The van der Waals surface area contributed by atoms with Crippen LogP contribution >= 0.6 is 0 Å². The fourth-order valence-corrected chi connectivity index (χ4v) is 2.52. The minimum Gasteiger partial charge on any atom is -0.497 e.